The van der Waals surface area contributed by atoms with E-state index in [0.29, 0.717) is 11.1 Å². The molecule has 16 heavy (non-hydrogen) atoms. The van der Waals surface area contributed by atoms with Crippen LogP contribution in [-0.2, 0) is 0 Å². The molecule has 1 aromatic heterocycles. The van der Waals surface area contributed by atoms with E-state index in [2.05, 4.69) is 4.98 Å². The average molecular weight is 219 g/mol. The molecule has 0 radical (unpaired) electrons. The highest BCUT2D eigenvalue weighted by atomic mass is 19.1. The van der Waals surface area contributed by atoms with Gasteiger partial charge >= 0.3 is 0 Å². The van der Waals surface area contributed by atoms with Crippen molar-refractivity contribution >= 4 is 6.29 Å². The number of carbonyl (C=O) groups excluding carboxylic acids is 1. The number of hydrogen-bond donors (Lipinski definition) is 0. The molecule has 2 nitrogen and oxygen atoms in total. The number of benzene rings is 1. The van der Waals surface area contributed by atoms with Gasteiger partial charge in [-0.25, -0.2) is 8.78 Å². The molecule has 0 spiro atoms. The van der Waals surface area contributed by atoms with E-state index < -0.39 is 17.2 Å². The molecule has 0 amide bonds. The Morgan fingerprint density at radius 1 is 1.00 bits per heavy atom. The largest absolute Gasteiger partial charge is 0.298 e. The van der Waals surface area contributed by atoms with Gasteiger partial charge in [0.1, 0.15) is 11.6 Å². The van der Waals surface area contributed by atoms with E-state index in [1.165, 1.54) is 12.4 Å². The number of aldehydes is 1. The molecular weight excluding hydrogens is 212 g/mol. The Bertz CT molecular complexity index is 503. The van der Waals surface area contributed by atoms with Crippen molar-refractivity contribution in [1.82, 2.24) is 4.98 Å². The van der Waals surface area contributed by atoms with Crippen molar-refractivity contribution in [2.45, 2.75) is 0 Å². The van der Waals surface area contributed by atoms with Gasteiger partial charge in [0.15, 0.2) is 6.29 Å². The second-order valence-electron chi connectivity index (χ2n) is 3.21. The van der Waals surface area contributed by atoms with E-state index in [1.807, 2.05) is 0 Å². The lowest BCUT2D eigenvalue weighted by atomic mass is 10.0. The monoisotopic (exact) mass is 219 g/mol. The van der Waals surface area contributed by atoms with Crippen LogP contribution in [0.2, 0.25) is 0 Å². The lowest BCUT2D eigenvalue weighted by Gasteiger charge is -2.03. The van der Waals surface area contributed by atoms with E-state index in [1.54, 1.807) is 12.1 Å². The van der Waals surface area contributed by atoms with Crippen molar-refractivity contribution in [3.8, 4) is 11.1 Å². The third-order valence-corrected chi connectivity index (χ3v) is 2.21. The molecule has 4 heteroatoms. The zero-order valence-corrected chi connectivity index (χ0v) is 8.15. The highest BCUT2D eigenvalue weighted by Gasteiger charge is 2.10. The van der Waals surface area contributed by atoms with Crippen LogP contribution in [0.15, 0.2) is 36.7 Å². The van der Waals surface area contributed by atoms with E-state index in [-0.39, 0.29) is 6.29 Å². The van der Waals surface area contributed by atoms with Gasteiger partial charge in [-0.05, 0) is 35.4 Å². The predicted octanol–water partition coefficient (Wildman–Crippen LogP) is 2.84. The summed E-state index contributed by atoms with van der Waals surface area (Å²) < 4.78 is 26.6. The Morgan fingerprint density at radius 3 is 2.06 bits per heavy atom. The molecule has 0 aliphatic heterocycles. The third kappa shape index (κ3) is 1.82. The van der Waals surface area contributed by atoms with Gasteiger partial charge < -0.3 is 0 Å². The Morgan fingerprint density at radius 2 is 1.56 bits per heavy atom. The lowest BCUT2D eigenvalue weighted by Crippen LogP contribution is -1.94. The van der Waals surface area contributed by atoms with Gasteiger partial charge in [-0.15, -0.1) is 0 Å². The summed E-state index contributed by atoms with van der Waals surface area (Å²) >= 11 is 0. The minimum absolute atomic E-state index is 0.168. The Balaban J connectivity index is 2.57. The van der Waals surface area contributed by atoms with Crippen LogP contribution >= 0.6 is 0 Å². The fourth-order valence-electron chi connectivity index (χ4n) is 1.41. The molecule has 1 heterocycles. The van der Waals surface area contributed by atoms with Gasteiger partial charge in [0.05, 0.1) is 5.56 Å². The number of pyridine rings is 1. The van der Waals surface area contributed by atoms with E-state index in [4.69, 9.17) is 0 Å². The smallest absolute Gasteiger partial charge is 0.155 e. The number of nitrogens with zero attached hydrogens (tertiary/aromatic N) is 1. The van der Waals surface area contributed by atoms with Crippen LogP contribution in [0.5, 0.6) is 0 Å². The van der Waals surface area contributed by atoms with E-state index in [0.717, 1.165) is 12.1 Å². The average Bonchev–Trinajstić information content (AvgIpc) is 2.30. The number of carbonyl (C=O) groups is 1. The summed E-state index contributed by atoms with van der Waals surface area (Å²) in [5.41, 5.74) is 0.478. The van der Waals surface area contributed by atoms with Crippen LogP contribution in [0, 0.1) is 11.6 Å². The molecule has 0 saturated heterocycles. The molecule has 0 aliphatic rings. The van der Waals surface area contributed by atoms with Crippen LogP contribution in [0.25, 0.3) is 11.1 Å². The highest BCUT2D eigenvalue weighted by molar-refractivity contribution is 5.78. The number of halogens is 2. The number of hydrogen-bond acceptors (Lipinski definition) is 2. The van der Waals surface area contributed by atoms with Crippen LogP contribution in [0.1, 0.15) is 10.4 Å². The Labute approximate surface area is 90.6 Å². The molecule has 2 aromatic rings. The Hall–Kier alpha value is -2.10. The van der Waals surface area contributed by atoms with Crippen molar-refractivity contribution < 1.29 is 13.6 Å². The summed E-state index contributed by atoms with van der Waals surface area (Å²) in [6, 6.07) is 5.52. The fourth-order valence-corrected chi connectivity index (χ4v) is 1.41. The van der Waals surface area contributed by atoms with Crippen LogP contribution in [0.4, 0.5) is 8.78 Å². The summed E-state index contributed by atoms with van der Waals surface area (Å²) in [6.45, 7) is 0. The van der Waals surface area contributed by atoms with Gasteiger partial charge in [0.2, 0.25) is 0 Å². The first-order chi connectivity index (χ1) is 7.72. The first-order valence-electron chi connectivity index (χ1n) is 4.57. The molecule has 0 N–H and O–H groups in total. The van der Waals surface area contributed by atoms with Gasteiger partial charge in [-0.1, -0.05) is 0 Å². The first-order valence-corrected chi connectivity index (χ1v) is 4.57. The SMILES string of the molecule is O=Cc1c(F)cc(-c2ccncc2)cc1F. The molecule has 0 atom stereocenters. The summed E-state index contributed by atoms with van der Waals surface area (Å²) in [4.78, 5) is 14.2. The second kappa shape index (κ2) is 4.18. The van der Waals surface area contributed by atoms with Crippen molar-refractivity contribution in [3.05, 3.63) is 53.9 Å². The summed E-state index contributed by atoms with van der Waals surface area (Å²) in [7, 11) is 0. The molecule has 0 bridgehead atoms. The van der Waals surface area contributed by atoms with Crippen molar-refractivity contribution in [2.24, 2.45) is 0 Å². The molecule has 1 aromatic carbocycles. The van der Waals surface area contributed by atoms with Crippen molar-refractivity contribution in [3.63, 3.8) is 0 Å². The summed E-state index contributed by atoms with van der Waals surface area (Å²) in [5, 5.41) is 0. The lowest BCUT2D eigenvalue weighted by molar-refractivity contribution is 0.111. The van der Waals surface area contributed by atoms with Crippen LogP contribution in [0.3, 0.4) is 0 Å². The highest BCUT2D eigenvalue weighted by Crippen LogP contribution is 2.22. The third-order valence-electron chi connectivity index (χ3n) is 2.21. The molecule has 80 valence electrons. The van der Waals surface area contributed by atoms with Gasteiger partial charge in [-0.2, -0.15) is 0 Å². The van der Waals surface area contributed by atoms with Crippen LogP contribution < -0.4 is 0 Å². The van der Waals surface area contributed by atoms with E-state index >= 15 is 0 Å². The zero-order valence-electron chi connectivity index (χ0n) is 8.15. The van der Waals surface area contributed by atoms with Crippen molar-refractivity contribution in [2.75, 3.05) is 0 Å². The Kier molecular flexibility index (Phi) is 2.72. The van der Waals surface area contributed by atoms with Crippen molar-refractivity contribution in [1.29, 1.82) is 0 Å². The minimum Gasteiger partial charge on any atom is -0.298 e. The topological polar surface area (TPSA) is 30.0 Å². The van der Waals surface area contributed by atoms with Gasteiger partial charge in [0, 0.05) is 12.4 Å². The summed E-state index contributed by atoms with van der Waals surface area (Å²) in [5.74, 6) is -1.72. The quantitative estimate of drug-likeness (QED) is 0.727. The molecule has 0 fully saturated rings. The molecule has 0 saturated carbocycles. The summed E-state index contributed by atoms with van der Waals surface area (Å²) in [6.07, 6.45) is 3.22. The maximum absolute atomic E-state index is 13.3. The number of rotatable bonds is 2. The standard InChI is InChI=1S/C12H7F2NO/c13-11-5-9(6-12(14)10(11)7-16)8-1-3-15-4-2-8/h1-7H. The normalized spacial score (nSPS) is 10.1. The van der Waals surface area contributed by atoms with Gasteiger partial charge in [-0.3, -0.25) is 9.78 Å². The molecule has 2 rings (SSSR count). The maximum atomic E-state index is 13.3. The van der Waals surface area contributed by atoms with Crippen LogP contribution in [-0.4, -0.2) is 11.3 Å². The zero-order chi connectivity index (χ0) is 11.5. The predicted molar refractivity (Wildman–Crippen MR) is 55.0 cm³/mol. The first kappa shape index (κ1) is 10.4. The maximum Gasteiger partial charge on any atom is 0.155 e. The molecule has 0 aliphatic carbocycles. The minimum atomic E-state index is -0.859. The molecular formula is C12H7F2NO. The van der Waals surface area contributed by atoms with E-state index in [9.17, 15) is 13.6 Å². The second-order valence-corrected chi connectivity index (χ2v) is 3.21. The fraction of sp³-hybridized carbons (Fsp3) is 0. The molecule has 0 unspecified atom stereocenters. The van der Waals surface area contributed by atoms with Gasteiger partial charge in [0.25, 0.3) is 0 Å². The number of aromatic nitrogens is 1.